The number of carbonyl (C=O) groups excluding carboxylic acids is 1. The van der Waals surface area contributed by atoms with Gasteiger partial charge in [0.1, 0.15) is 0 Å². The summed E-state index contributed by atoms with van der Waals surface area (Å²) >= 11 is 1.44. The van der Waals surface area contributed by atoms with Crippen LogP contribution in [-0.2, 0) is 0 Å². The van der Waals surface area contributed by atoms with Crippen LogP contribution in [0.2, 0.25) is 0 Å². The Morgan fingerprint density at radius 2 is 2.14 bits per heavy atom. The lowest BCUT2D eigenvalue weighted by atomic mass is 10.1. The molecule has 2 aromatic rings. The van der Waals surface area contributed by atoms with Crippen molar-refractivity contribution in [2.75, 3.05) is 13.7 Å². The monoisotopic (exact) mass is 302 g/mol. The van der Waals surface area contributed by atoms with Gasteiger partial charge in [-0.2, -0.15) is 0 Å². The van der Waals surface area contributed by atoms with E-state index in [4.69, 9.17) is 9.47 Å². The van der Waals surface area contributed by atoms with Gasteiger partial charge in [-0.15, -0.1) is 11.3 Å². The number of hydrogen-bond donors (Lipinski definition) is 0. The van der Waals surface area contributed by atoms with Crippen LogP contribution in [0, 0.1) is 0 Å². The Morgan fingerprint density at radius 1 is 1.29 bits per heavy atom. The Labute approximate surface area is 128 Å². The molecular weight excluding hydrogens is 284 g/mol. The van der Waals surface area contributed by atoms with Crippen LogP contribution in [0.1, 0.15) is 28.6 Å². The molecule has 0 aliphatic heterocycles. The minimum Gasteiger partial charge on any atom is -0.493 e. The minimum atomic E-state index is -0.00531. The zero-order valence-corrected chi connectivity index (χ0v) is 13.0. The summed E-state index contributed by atoms with van der Waals surface area (Å²) in [6.45, 7) is 2.66. The van der Waals surface area contributed by atoms with Crippen LogP contribution >= 0.6 is 11.3 Å². The first-order valence-corrected chi connectivity index (χ1v) is 7.70. The quantitative estimate of drug-likeness (QED) is 0.560. The fourth-order valence-corrected chi connectivity index (χ4v) is 2.49. The highest BCUT2D eigenvalue weighted by molar-refractivity contribution is 7.12. The van der Waals surface area contributed by atoms with Gasteiger partial charge in [0, 0.05) is 5.56 Å². The lowest BCUT2D eigenvalue weighted by molar-refractivity contribution is 0.105. The van der Waals surface area contributed by atoms with Gasteiger partial charge in [0.2, 0.25) is 0 Å². The molecule has 0 atom stereocenters. The number of rotatable bonds is 7. The van der Waals surface area contributed by atoms with E-state index >= 15 is 0 Å². The fourth-order valence-electron chi connectivity index (χ4n) is 1.85. The SMILES string of the molecule is CCCOc1c(/C=C/C(=O)c2cccs2)cccc1OC. The average molecular weight is 302 g/mol. The van der Waals surface area contributed by atoms with Crippen LogP contribution in [0.3, 0.4) is 0 Å². The first-order valence-electron chi connectivity index (χ1n) is 6.82. The number of methoxy groups -OCH3 is 1. The highest BCUT2D eigenvalue weighted by Crippen LogP contribution is 2.32. The van der Waals surface area contributed by atoms with Crippen molar-refractivity contribution in [2.45, 2.75) is 13.3 Å². The van der Waals surface area contributed by atoms with Crippen molar-refractivity contribution in [3.63, 3.8) is 0 Å². The molecule has 0 aliphatic carbocycles. The van der Waals surface area contributed by atoms with Crippen molar-refractivity contribution < 1.29 is 14.3 Å². The van der Waals surface area contributed by atoms with E-state index in [9.17, 15) is 4.79 Å². The minimum absolute atomic E-state index is 0.00531. The van der Waals surface area contributed by atoms with Crippen LogP contribution in [0.5, 0.6) is 11.5 Å². The number of benzene rings is 1. The molecule has 1 aromatic heterocycles. The van der Waals surface area contributed by atoms with Crippen molar-refractivity contribution in [2.24, 2.45) is 0 Å². The van der Waals surface area contributed by atoms with Crippen molar-refractivity contribution in [3.05, 3.63) is 52.2 Å². The normalized spacial score (nSPS) is 10.8. The number of thiophene rings is 1. The first kappa shape index (κ1) is 15.3. The van der Waals surface area contributed by atoms with E-state index in [0.29, 0.717) is 18.1 Å². The maximum atomic E-state index is 12.0. The Kier molecular flexibility index (Phi) is 5.58. The summed E-state index contributed by atoms with van der Waals surface area (Å²) in [7, 11) is 1.61. The zero-order valence-electron chi connectivity index (χ0n) is 12.2. The average Bonchev–Trinajstić information content (AvgIpc) is 3.05. The van der Waals surface area contributed by atoms with Gasteiger partial charge in [0.05, 0.1) is 18.6 Å². The third-order valence-electron chi connectivity index (χ3n) is 2.86. The highest BCUT2D eigenvalue weighted by Gasteiger charge is 2.09. The molecule has 0 bridgehead atoms. The van der Waals surface area contributed by atoms with Crippen LogP contribution < -0.4 is 9.47 Å². The maximum Gasteiger partial charge on any atom is 0.195 e. The smallest absolute Gasteiger partial charge is 0.195 e. The molecule has 0 saturated heterocycles. The second kappa shape index (κ2) is 7.64. The van der Waals surface area contributed by atoms with Gasteiger partial charge in [0.25, 0.3) is 0 Å². The predicted octanol–water partition coefficient (Wildman–Crippen LogP) is 4.44. The van der Waals surface area contributed by atoms with Gasteiger partial charge >= 0.3 is 0 Å². The van der Waals surface area contributed by atoms with E-state index in [2.05, 4.69) is 0 Å². The standard InChI is InChI=1S/C17H18O3S/c1-3-11-20-17-13(6-4-7-15(17)19-2)9-10-14(18)16-8-5-12-21-16/h4-10,12H,3,11H2,1-2H3/b10-9+. The number of allylic oxidation sites excluding steroid dienone is 1. The summed E-state index contributed by atoms with van der Waals surface area (Å²) in [5.74, 6) is 1.35. The van der Waals surface area contributed by atoms with Gasteiger partial charge in [-0.1, -0.05) is 25.1 Å². The summed E-state index contributed by atoms with van der Waals surface area (Å²) in [6.07, 6.45) is 4.25. The number of hydrogen-bond acceptors (Lipinski definition) is 4. The third kappa shape index (κ3) is 3.95. The molecule has 0 unspecified atom stereocenters. The van der Waals surface area contributed by atoms with Gasteiger partial charge in [0.15, 0.2) is 17.3 Å². The van der Waals surface area contributed by atoms with E-state index in [0.717, 1.165) is 16.9 Å². The highest BCUT2D eigenvalue weighted by atomic mass is 32.1. The molecule has 2 rings (SSSR count). The van der Waals surface area contributed by atoms with Gasteiger partial charge in [-0.3, -0.25) is 4.79 Å². The lowest BCUT2D eigenvalue weighted by Crippen LogP contribution is -2.00. The van der Waals surface area contributed by atoms with Crippen LogP contribution in [0.25, 0.3) is 6.08 Å². The van der Waals surface area contributed by atoms with E-state index in [1.807, 2.05) is 42.6 Å². The van der Waals surface area contributed by atoms with Gasteiger partial charge in [-0.05, 0) is 36.1 Å². The molecule has 110 valence electrons. The Bertz CT molecular complexity index is 615. The van der Waals surface area contributed by atoms with Crippen LogP contribution in [-0.4, -0.2) is 19.5 Å². The maximum absolute atomic E-state index is 12.0. The molecule has 0 N–H and O–H groups in total. The van der Waals surface area contributed by atoms with Crippen molar-refractivity contribution in [3.8, 4) is 11.5 Å². The fraction of sp³-hybridized carbons (Fsp3) is 0.235. The number of para-hydroxylation sites is 1. The Morgan fingerprint density at radius 3 is 2.81 bits per heavy atom. The molecular formula is C17H18O3S. The molecule has 4 heteroatoms. The second-order valence-electron chi connectivity index (χ2n) is 4.40. The van der Waals surface area contributed by atoms with Gasteiger partial charge in [-0.25, -0.2) is 0 Å². The van der Waals surface area contributed by atoms with Crippen LogP contribution in [0.15, 0.2) is 41.8 Å². The van der Waals surface area contributed by atoms with E-state index in [-0.39, 0.29) is 5.78 Å². The van der Waals surface area contributed by atoms with Crippen molar-refractivity contribution >= 4 is 23.2 Å². The van der Waals surface area contributed by atoms with E-state index in [1.165, 1.54) is 11.3 Å². The molecule has 1 heterocycles. The number of ether oxygens (including phenoxy) is 2. The molecule has 1 aromatic carbocycles. The number of ketones is 1. The summed E-state index contributed by atoms with van der Waals surface area (Å²) < 4.78 is 11.1. The van der Waals surface area contributed by atoms with Crippen molar-refractivity contribution in [1.82, 2.24) is 0 Å². The molecule has 0 amide bonds. The number of carbonyl (C=O) groups is 1. The first-order chi connectivity index (χ1) is 10.3. The summed E-state index contributed by atoms with van der Waals surface area (Å²) in [6, 6.07) is 9.33. The van der Waals surface area contributed by atoms with Crippen LogP contribution in [0.4, 0.5) is 0 Å². The molecule has 0 radical (unpaired) electrons. The zero-order chi connectivity index (χ0) is 15.1. The summed E-state index contributed by atoms with van der Waals surface area (Å²) in [5, 5.41) is 1.89. The molecule has 0 aliphatic rings. The molecule has 0 fully saturated rings. The largest absolute Gasteiger partial charge is 0.493 e. The summed E-state index contributed by atoms with van der Waals surface area (Å²) in [5.41, 5.74) is 0.840. The van der Waals surface area contributed by atoms with E-state index < -0.39 is 0 Å². The molecule has 21 heavy (non-hydrogen) atoms. The van der Waals surface area contributed by atoms with Gasteiger partial charge < -0.3 is 9.47 Å². The lowest BCUT2D eigenvalue weighted by Gasteiger charge is -2.12. The molecule has 0 spiro atoms. The summed E-state index contributed by atoms with van der Waals surface area (Å²) in [4.78, 5) is 12.7. The molecule has 3 nitrogen and oxygen atoms in total. The topological polar surface area (TPSA) is 35.5 Å². The Hall–Kier alpha value is -2.07. The third-order valence-corrected chi connectivity index (χ3v) is 3.74. The predicted molar refractivity (Wildman–Crippen MR) is 86.5 cm³/mol. The molecule has 0 saturated carbocycles. The second-order valence-corrected chi connectivity index (χ2v) is 5.35. The van der Waals surface area contributed by atoms with E-state index in [1.54, 1.807) is 19.3 Å². The van der Waals surface area contributed by atoms with Crippen molar-refractivity contribution in [1.29, 1.82) is 0 Å². The Balaban J connectivity index is 2.24.